The lowest BCUT2D eigenvalue weighted by Gasteiger charge is -2.05. The maximum absolute atomic E-state index is 10.8. The van der Waals surface area contributed by atoms with E-state index in [-0.39, 0.29) is 6.42 Å². The van der Waals surface area contributed by atoms with Crippen molar-refractivity contribution in [1.82, 2.24) is 4.73 Å². The van der Waals surface area contributed by atoms with Crippen molar-refractivity contribution in [2.75, 3.05) is 0 Å². The summed E-state index contributed by atoms with van der Waals surface area (Å²) < 4.78 is 1.03. The monoisotopic (exact) mass is 288 g/mol. The van der Waals surface area contributed by atoms with Crippen molar-refractivity contribution < 1.29 is 15.1 Å². The average molecular weight is 288 g/mol. The summed E-state index contributed by atoms with van der Waals surface area (Å²) in [6.07, 6.45) is 4.63. The molecule has 0 aliphatic rings. The zero-order valence-corrected chi connectivity index (χ0v) is 12.2. The maximum atomic E-state index is 10.8. The van der Waals surface area contributed by atoms with Gasteiger partial charge in [-0.25, -0.2) is 0 Å². The maximum Gasteiger partial charge on any atom is 0.320 e. The largest absolute Gasteiger partial charge is 0.480 e. The first-order chi connectivity index (χ1) is 9.88. The summed E-state index contributed by atoms with van der Waals surface area (Å²) in [6, 6.07) is 4.82. The fraction of sp³-hybridized carbons (Fsp3) is 0.312. The molecule has 0 aliphatic heterocycles. The van der Waals surface area contributed by atoms with Gasteiger partial charge >= 0.3 is 5.97 Å². The van der Waals surface area contributed by atoms with Crippen molar-refractivity contribution in [3.63, 3.8) is 0 Å². The van der Waals surface area contributed by atoms with Crippen LogP contribution in [0.1, 0.15) is 25.0 Å². The van der Waals surface area contributed by atoms with Gasteiger partial charge in [0.2, 0.25) is 0 Å². The van der Waals surface area contributed by atoms with Gasteiger partial charge in [0.25, 0.3) is 0 Å². The minimum absolute atomic E-state index is 0.187. The fourth-order valence-corrected chi connectivity index (χ4v) is 2.26. The predicted octanol–water partition coefficient (Wildman–Crippen LogP) is 2.34. The van der Waals surface area contributed by atoms with Gasteiger partial charge in [0.05, 0.1) is 5.52 Å². The molecule has 4 N–H and O–H groups in total. The van der Waals surface area contributed by atoms with Crippen LogP contribution in [-0.4, -0.2) is 27.1 Å². The molecule has 0 saturated heterocycles. The number of hydrogen-bond acceptors (Lipinski definition) is 3. The van der Waals surface area contributed by atoms with E-state index in [9.17, 15) is 10.0 Å². The van der Waals surface area contributed by atoms with E-state index in [0.717, 1.165) is 27.7 Å². The summed E-state index contributed by atoms with van der Waals surface area (Å²) in [5.41, 5.74) is 9.29. The number of hydrogen-bond donors (Lipinski definition) is 3. The third-order valence-corrected chi connectivity index (χ3v) is 3.44. The number of benzene rings is 1. The highest BCUT2D eigenvalue weighted by molar-refractivity contribution is 5.85. The summed E-state index contributed by atoms with van der Waals surface area (Å²) in [7, 11) is 0. The molecule has 5 nitrogen and oxygen atoms in total. The number of fused-ring (bicyclic) bond motifs is 1. The SMILES string of the molecule is CC(C)=CCc1ccc2c(CC(N)C(=O)O)cn(O)c2c1. The quantitative estimate of drug-likeness (QED) is 0.582. The minimum Gasteiger partial charge on any atom is -0.480 e. The van der Waals surface area contributed by atoms with Crippen LogP contribution in [0.5, 0.6) is 0 Å². The van der Waals surface area contributed by atoms with E-state index in [1.54, 1.807) is 0 Å². The first-order valence-electron chi connectivity index (χ1n) is 6.82. The first-order valence-corrected chi connectivity index (χ1v) is 6.82. The van der Waals surface area contributed by atoms with Crippen molar-refractivity contribution in [1.29, 1.82) is 0 Å². The number of nitrogens with zero attached hydrogens (tertiary/aromatic N) is 1. The summed E-state index contributed by atoms with van der Waals surface area (Å²) in [6.45, 7) is 4.08. The molecule has 1 aromatic carbocycles. The van der Waals surface area contributed by atoms with E-state index in [4.69, 9.17) is 10.8 Å². The molecule has 0 fully saturated rings. The predicted molar refractivity (Wildman–Crippen MR) is 81.6 cm³/mol. The van der Waals surface area contributed by atoms with Gasteiger partial charge in [-0.2, -0.15) is 4.73 Å². The third kappa shape index (κ3) is 3.44. The Bertz CT molecular complexity index is 697. The third-order valence-electron chi connectivity index (χ3n) is 3.44. The molecular weight excluding hydrogens is 268 g/mol. The Hall–Kier alpha value is -2.27. The van der Waals surface area contributed by atoms with E-state index in [0.29, 0.717) is 5.52 Å². The summed E-state index contributed by atoms with van der Waals surface area (Å²) >= 11 is 0. The van der Waals surface area contributed by atoms with Crippen molar-refractivity contribution in [3.05, 3.63) is 47.2 Å². The molecule has 0 amide bonds. The van der Waals surface area contributed by atoms with Crippen LogP contribution in [0.2, 0.25) is 0 Å². The Labute approximate surface area is 123 Å². The number of allylic oxidation sites excluding steroid dienone is 2. The van der Waals surface area contributed by atoms with Crippen LogP contribution < -0.4 is 5.73 Å². The molecule has 0 saturated carbocycles. The zero-order valence-electron chi connectivity index (χ0n) is 12.2. The topological polar surface area (TPSA) is 88.5 Å². The zero-order chi connectivity index (χ0) is 15.6. The van der Waals surface area contributed by atoms with Crippen molar-refractivity contribution >= 4 is 16.9 Å². The molecule has 2 aromatic rings. The molecule has 1 heterocycles. The Morgan fingerprint density at radius 1 is 1.43 bits per heavy atom. The van der Waals surface area contributed by atoms with Gasteiger partial charge in [-0.05, 0) is 37.5 Å². The molecule has 2 rings (SSSR count). The molecule has 1 aromatic heterocycles. The molecule has 0 spiro atoms. The van der Waals surface area contributed by atoms with Gasteiger partial charge in [0.15, 0.2) is 0 Å². The van der Waals surface area contributed by atoms with Crippen LogP contribution in [0.25, 0.3) is 10.9 Å². The molecule has 0 radical (unpaired) electrons. The standard InChI is InChI=1S/C16H20N2O3/c1-10(2)3-4-11-5-6-13-12(8-14(17)16(19)20)9-18(21)15(13)7-11/h3,5-7,9,14,21H,4,8,17H2,1-2H3,(H,19,20). The summed E-state index contributed by atoms with van der Waals surface area (Å²) in [5.74, 6) is -1.05. The van der Waals surface area contributed by atoms with Crippen LogP contribution in [0.3, 0.4) is 0 Å². The lowest BCUT2D eigenvalue weighted by atomic mass is 10.0. The molecule has 0 aliphatic carbocycles. The molecule has 1 atom stereocenters. The highest BCUT2D eigenvalue weighted by Crippen LogP contribution is 2.23. The van der Waals surface area contributed by atoms with Crippen LogP contribution in [-0.2, 0) is 17.6 Å². The Morgan fingerprint density at radius 3 is 2.76 bits per heavy atom. The Morgan fingerprint density at radius 2 is 2.14 bits per heavy atom. The highest BCUT2D eigenvalue weighted by Gasteiger charge is 2.16. The number of aliphatic carboxylic acids is 1. The van der Waals surface area contributed by atoms with Gasteiger partial charge in [0.1, 0.15) is 6.04 Å². The van der Waals surface area contributed by atoms with Gasteiger partial charge in [-0.15, -0.1) is 0 Å². The Kier molecular flexibility index (Phi) is 4.33. The van der Waals surface area contributed by atoms with Gasteiger partial charge in [-0.3, -0.25) is 4.79 Å². The second-order valence-electron chi connectivity index (χ2n) is 5.48. The molecule has 112 valence electrons. The summed E-state index contributed by atoms with van der Waals surface area (Å²) in [5, 5.41) is 19.7. The van der Waals surface area contributed by atoms with Crippen molar-refractivity contribution in [2.45, 2.75) is 32.7 Å². The van der Waals surface area contributed by atoms with Gasteiger partial charge in [-0.1, -0.05) is 23.8 Å². The normalized spacial score (nSPS) is 12.3. The molecule has 1 unspecified atom stereocenters. The van der Waals surface area contributed by atoms with Crippen LogP contribution in [0.15, 0.2) is 36.0 Å². The number of carboxylic acids is 1. The molecule has 0 bridgehead atoms. The van der Waals surface area contributed by atoms with Crippen molar-refractivity contribution in [2.24, 2.45) is 5.73 Å². The fourth-order valence-electron chi connectivity index (χ4n) is 2.26. The number of carbonyl (C=O) groups is 1. The van der Waals surface area contributed by atoms with Gasteiger partial charge in [0, 0.05) is 18.0 Å². The lowest BCUT2D eigenvalue weighted by Crippen LogP contribution is -2.32. The van der Waals surface area contributed by atoms with E-state index >= 15 is 0 Å². The smallest absolute Gasteiger partial charge is 0.320 e. The molecule has 5 heteroatoms. The van der Waals surface area contributed by atoms with Crippen molar-refractivity contribution in [3.8, 4) is 0 Å². The lowest BCUT2D eigenvalue weighted by molar-refractivity contribution is -0.138. The molecular formula is C16H20N2O3. The number of nitrogens with two attached hydrogens (primary N) is 1. The minimum atomic E-state index is -1.05. The highest BCUT2D eigenvalue weighted by atomic mass is 16.5. The Balaban J connectivity index is 2.35. The van der Waals surface area contributed by atoms with E-state index in [1.165, 1.54) is 11.8 Å². The van der Waals surface area contributed by atoms with E-state index in [1.807, 2.05) is 32.0 Å². The van der Waals surface area contributed by atoms with Crippen LogP contribution in [0, 0.1) is 0 Å². The summed E-state index contributed by atoms with van der Waals surface area (Å²) in [4.78, 5) is 10.8. The van der Waals surface area contributed by atoms with Gasteiger partial charge < -0.3 is 16.0 Å². The van der Waals surface area contributed by atoms with E-state index in [2.05, 4.69) is 6.08 Å². The number of rotatable bonds is 5. The van der Waals surface area contributed by atoms with Crippen LogP contribution >= 0.6 is 0 Å². The second kappa shape index (κ2) is 6.01. The number of aromatic nitrogens is 1. The second-order valence-corrected chi connectivity index (χ2v) is 5.48. The average Bonchev–Trinajstić information content (AvgIpc) is 2.72. The van der Waals surface area contributed by atoms with E-state index < -0.39 is 12.0 Å². The van der Waals surface area contributed by atoms with Crippen LogP contribution in [0.4, 0.5) is 0 Å². The molecule has 21 heavy (non-hydrogen) atoms. The first kappa shape index (κ1) is 15.1. The number of carboxylic acid groups (broad SMARTS) is 1.